The monoisotopic (exact) mass is 202 g/mol. The van der Waals surface area contributed by atoms with Crippen LogP contribution in [0.25, 0.3) is 0 Å². The second-order valence-corrected chi connectivity index (χ2v) is 4.45. The minimum atomic E-state index is 0.268. The van der Waals surface area contributed by atoms with Gasteiger partial charge in [0.2, 0.25) is 0 Å². The van der Waals surface area contributed by atoms with Crippen LogP contribution in [-0.2, 0) is 9.59 Å². The van der Waals surface area contributed by atoms with Crippen LogP contribution in [-0.4, -0.2) is 23.1 Å². The number of ketones is 2. The summed E-state index contributed by atoms with van der Waals surface area (Å²) in [5.41, 5.74) is 0. The van der Waals surface area contributed by atoms with Gasteiger partial charge in [-0.3, -0.25) is 0 Å². The number of thioether (sulfide) groups is 1. The first kappa shape index (κ1) is 12.7. The molecule has 3 heteroatoms. The lowest BCUT2D eigenvalue weighted by atomic mass is 10.2. The minimum absolute atomic E-state index is 0.268. The largest absolute Gasteiger partial charge is 0.300 e. The highest BCUT2D eigenvalue weighted by Gasteiger charge is 1.95. The van der Waals surface area contributed by atoms with Crippen molar-refractivity contribution in [3.05, 3.63) is 0 Å². The van der Waals surface area contributed by atoms with Gasteiger partial charge in [0.1, 0.15) is 11.6 Å². The number of carbonyl (C=O) groups is 2. The van der Waals surface area contributed by atoms with E-state index in [0.717, 1.165) is 24.3 Å². The third kappa shape index (κ3) is 11.7. The maximum atomic E-state index is 10.6. The van der Waals surface area contributed by atoms with Crippen LogP contribution in [0.4, 0.5) is 0 Å². The van der Waals surface area contributed by atoms with Gasteiger partial charge in [0, 0.05) is 12.8 Å². The van der Waals surface area contributed by atoms with Gasteiger partial charge in [0.05, 0.1) is 0 Å². The summed E-state index contributed by atoms with van der Waals surface area (Å²) in [4.78, 5) is 21.1. The van der Waals surface area contributed by atoms with E-state index in [4.69, 9.17) is 0 Å². The van der Waals surface area contributed by atoms with Crippen molar-refractivity contribution < 1.29 is 9.59 Å². The van der Waals surface area contributed by atoms with Crippen molar-refractivity contribution in [3.8, 4) is 0 Å². The molecule has 0 aliphatic heterocycles. The Balaban J connectivity index is 3.00. The second kappa shape index (κ2) is 8.30. The molecule has 0 bridgehead atoms. The van der Waals surface area contributed by atoms with Crippen LogP contribution in [0, 0.1) is 0 Å². The maximum Gasteiger partial charge on any atom is 0.129 e. The summed E-state index contributed by atoms with van der Waals surface area (Å²) in [5, 5.41) is 0. The lowest BCUT2D eigenvalue weighted by molar-refractivity contribution is -0.117. The van der Waals surface area contributed by atoms with E-state index in [9.17, 15) is 9.59 Å². The van der Waals surface area contributed by atoms with Crippen molar-refractivity contribution >= 4 is 23.3 Å². The zero-order chi connectivity index (χ0) is 10.1. The lowest BCUT2D eigenvalue weighted by Crippen LogP contribution is -1.93. The average molecular weight is 202 g/mol. The Hall–Kier alpha value is -0.310. The summed E-state index contributed by atoms with van der Waals surface area (Å²) >= 11 is 1.83. The summed E-state index contributed by atoms with van der Waals surface area (Å²) in [6.45, 7) is 3.25. The summed E-state index contributed by atoms with van der Waals surface area (Å²) in [7, 11) is 0. The first-order valence-corrected chi connectivity index (χ1v) is 5.85. The predicted octanol–water partition coefficient (Wildman–Crippen LogP) is 2.46. The minimum Gasteiger partial charge on any atom is -0.300 e. The Morgan fingerprint density at radius 2 is 1.31 bits per heavy atom. The van der Waals surface area contributed by atoms with E-state index in [2.05, 4.69) is 0 Å². The van der Waals surface area contributed by atoms with E-state index < -0.39 is 0 Å². The molecule has 0 aliphatic rings. The highest BCUT2D eigenvalue weighted by molar-refractivity contribution is 7.99. The number of Topliss-reactive ketones (excluding diaryl/α,β-unsaturated/α-hetero) is 2. The van der Waals surface area contributed by atoms with Crippen molar-refractivity contribution in [2.24, 2.45) is 0 Å². The van der Waals surface area contributed by atoms with E-state index in [1.807, 2.05) is 11.8 Å². The highest BCUT2D eigenvalue weighted by Crippen LogP contribution is 2.08. The van der Waals surface area contributed by atoms with E-state index in [0.29, 0.717) is 12.8 Å². The maximum absolute atomic E-state index is 10.6. The van der Waals surface area contributed by atoms with Crippen LogP contribution in [0.5, 0.6) is 0 Å². The normalized spacial score (nSPS) is 10.0. The molecule has 0 aromatic rings. The van der Waals surface area contributed by atoms with Crippen LogP contribution in [0.1, 0.15) is 39.5 Å². The SMILES string of the molecule is CC(=O)CCCSCCCC(C)=O. The van der Waals surface area contributed by atoms with Crippen molar-refractivity contribution in [2.45, 2.75) is 39.5 Å². The molecule has 0 heterocycles. The quantitative estimate of drug-likeness (QED) is 0.567. The van der Waals surface area contributed by atoms with Gasteiger partial charge in [-0.15, -0.1) is 0 Å². The van der Waals surface area contributed by atoms with Crippen molar-refractivity contribution in [1.82, 2.24) is 0 Å². The van der Waals surface area contributed by atoms with Crippen LogP contribution >= 0.6 is 11.8 Å². The lowest BCUT2D eigenvalue weighted by Gasteiger charge is -1.98. The number of hydrogen-bond acceptors (Lipinski definition) is 3. The smallest absolute Gasteiger partial charge is 0.129 e. The van der Waals surface area contributed by atoms with Gasteiger partial charge in [-0.2, -0.15) is 11.8 Å². The fourth-order valence-electron chi connectivity index (χ4n) is 0.948. The van der Waals surface area contributed by atoms with Gasteiger partial charge in [0.25, 0.3) is 0 Å². The molecule has 0 aliphatic carbocycles. The molecule has 13 heavy (non-hydrogen) atoms. The van der Waals surface area contributed by atoms with E-state index in [-0.39, 0.29) is 11.6 Å². The molecule has 0 aromatic heterocycles. The van der Waals surface area contributed by atoms with Crippen LogP contribution < -0.4 is 0 Å². The first-order chi connectivity index (χ1) is 6.13. The molecule has 0 saturated heterocycles. The molecule has 0 fully saturated rings. The van der Waals surface area contributed by atoms with Gasteiger partial charge >= 0.3 is 0 Å². The summed E-state index contributed by atoms with van der Waals surface area (Å²) in [6, 6.07) is 0. The topological polar surface area (TPSA) is 34.1 Å². The van der Waals surface area contributed by atoms with Crippen LogP contribution in [0.2, 0.25) is 0 Å². The Labute approximate surface area is 84.5 Å². The number of rotatable bonds is 8. The molecule has 0 unspecified atom stereocenters. The van der Waals surface area contributed by atoms with Gasteiger partial charge in [-0.05, 0) is 38.2 Å². The van der Waals surface area contributed by atoms with Gasteiger partial charge in [-0.1, -0.05) is 0 Å². The Morgan fingerprint density at radius 1 is 0.923 bits per heavy atom. The fraction of sp³-hybridized carbons (Fsp3) is 0.800. The molecule has 0 rings (SSSR count). The van der Waals surface area contributed by atoms with Crippen LogP contribution in [0.3, 0.4) is 0 Å². The molecule has 0 atom stereocenters. The zero-order valence-electron chi connectivity index (χ0n) is 8.47. The molecule has 0 amide bonds. The van der Waals surface area contributed by atoms with Crippen molar-refractivity contribution in [2.75, 3.05) is 11.5 Å². The predicted molar refractivity (Wildman–Crippen MR) is 57.2 cm³/mol. The molecule has 0 N–H and O–H groups in total. The molecule has 0 saturated carbocycles. The van der Waals surface area contributed by atoms with E-state index in [1.54, 1.807) is 13.8 Å². The average Bonchev–Trinajstić information content (AvgIpc) is 2.01. The zero-order valence-corrected chi connectivity index (χ0v) is 9.28. The second-order valence-electron chi connectivity index (χ2n) is 3.22. The summed E-state index contributed by atoms with van der Waals surface area (Å²) < 4.78 is 0. The standard InChI is InChI=1S/C10H18O2S/c1-9(11)5-3-7-13-8-4-6-10(2)12/h3-8H2,1-2H3. The number of carbonyl (C=O) groups excluding carboxylic acids is 2. The molecule has 0 aromatic carbocycles. The van der Waals surface area contributed by atoms with Crippen molar-refractivity contribution in [3.63, 3.8) is 0 Å². The van der Waals surface area contributed by atoms with E-state index in [1.165, 1.54) is 0 Å². The highest BCUT2D eigenvalue weighted by atomic mass is 32.2. The molecular weight excluding hydrogens is 184 g/mol. The molecule has 76 valence electrons. The molecule has 2 nitrogen and oxygen atoms in total. The number of hydrogen-bond donors (Lipinski definition) is 0. The van der Waals surface area contributed by atoms with Gasteiger partial charge in [-0.25, -0.2) is 0 Å². The van der Waals surface area contributed by atoms with Crippen LogP contribution in [0.15, 0.2) is 0 Å². The summed E-state index contributed by atoms with van der Waals surface area (Å²) in [5.74, 6) is 2.61. The first-order valence-electron chi connectivity index (χ1n) is 4.69. The third-order valence-corrected chi connectivity index (χ3v) is 2.79. The molecule has 0 spiro atoms. The summed E-state index contributed by atoms with van der Waals surface area (Å²) in [6.07, 6.45) is 3.33. The molecular formula is C10H18O2S. The molecule has 0 radical (unpaired) electrons. The van der Waals surface area contributed by atoms with Gasteiger partial charge in [0.15, 0.2) is 0 Å². The fourth-order valence-corrected chi connectivity index (χ4v) is 1.85. The Kier molecular flexibility index (Phi) is 8.10. The van der Waals surface area contributed by atoms with Gasteiger partial charge < -0.3 is 9.59 Å². The Bertz CT molecular complexity index is 148. The van der Waals surface area contributed by atoms with E-state index >= 15 is 0 Å². The van der Waals surface area contributed by atoms with Crippen molar-refractivity contribution in [1.29, 1.82) is 0 Å². The Morgan fingerprint density at radius 3 is 1.62 bits per heavy atom. The third-order valence-electron chi connectivity index (χ3n) is 1.64.